The molecule has 0 radical (unpaired) electrons. The molecule has 158 valence electrons. The van der Waals surface area contributed by atoms with Crippen molar-refractivity contribution in [2.24, 2.45) is 0 Å². The van der Waals surface area contributed by atoms with Crippen LogP contribution in [0.25, 0.3) is 6.08 Å². The van der Waals surface area contributed by atoms with Gasteiger partial charge in [0.05, 0.1) is 14.2 Å². The molecule has 1 atom stereocenters. The van der Waals surface area contributed by atoms with E-state index >= 15 is 0 Å². The highest BCUT2D eigenvalue weighted by molar-refractivity contribution is 5.95. The highest BCUT2D eigenvalue weighted by atomic mass is 16.5. The smallest absolute Gasteiger partial charge is 0.245 e. The minimum absolute atomic E-state index is 0.0239. The molecule has 1 unspecified atom stereocenters. The molecule has 6 heteroatoms. The minimum atomic E-state index is -0.590. The van der Waals surface area contributed by atoms with Crippen LogP contribution >= 0.6 is 0 Å². The number of hydrogen-bond donors (Lipinski definition) is 1. The van der Waals surface area contributed by atoms with Gasteiger partial charge in [0.15, 0.2) is 11.5 Å². The largest absolute Gasteiger partial charge is 0.493 e. The van der Waals surface area contributed by atoms with E-state index in [1.807, 2.05) is 41.3 Å². The van der Waals surface area contributed by atoms with Crippen LogP contribution in [0.5, 0.6) is 11.5 Å². The molecule has 3 rings (SSSR count). The maximum absolute atomic E-state index is 13.0. The molecule has 0 bridgehead atoms. The third kappa shape index (κ3) is 5.63. The lowest BCUT2D eigenvalue weighted by atomic mass is 10.0. The molecule has 2 aromatic carbocycles. The lowest BCUT2D eigenvalue weighted by Crippen LogP contribution is -2.48. The van der Waals surface area contributed by atoms with Gasteiger partial charge in [-0.2, -0.15) is 0 Å². The number of benzene rings is 2. The van der Waals surface area contributed by atoms with Gasteiger partial charge in [0.1, 0.15) is 6.04 Å². The highest BCUT2D eigenvalue weighted by Crippen LogP contribution is 2.27. The lowest BCUT2D eigenvalue weighted by Gasteiger charge is -2.23. The topological polar surface area (TPSA) is 67.9 Å². The number of hydrogen-bond acceptors (Lipinski definition) is 4. The van der Waals surface area contributed by atoms with Crippen LogP contribution in [-0.2, 0) is 16.0 Å². The number of nitrogens with one attached hydrogen (secondary N) is 1. The lowest BCUT2D eigenvalue weighted by molar-refractivity contribution is -0.134. The molecule has 0 aromatic heterocycles. The van der Waals surface area contributed by atoms with Gasteiger partial charge in [-0.1, -0.05) is 36.4 Å². The summed E-state index contributed by atoms with van der Waals surface area (Å²) in [6.45, 7) is 1.50. The fraction of sp³-hybridized carbons (Fsp3) is 0.333. The first kappa shape index (κ1) is 21.4. The molecule has 0 aliphatic carbocycles. The van der Waals surface area contributed by atoms with Gasteiger partial charge in [-0.05, 0) is 42.2 Å². The van der Waals surface area contributed by atoms with E-state index < -0.39 is 6.04 Å². The Kier molecular flexibility index (Phi) is 7.49. The van der Waals surface area contributed by atoms with Crippen LogP contribution in [0.2, 0.25) is 0 Å². The first-order valence-electron chi connectivity index (χ1n) is 10.1. The van der Waals surface area contributed by atoms with Gasteiger partial charge < -0.3 is 19.7 Å². The molecular weight excluding hydrogens is 380 g/mol. The molecule has 6 nitrogen and oxygen atoms in total. The number of methoxy groups -OCH3 is 2. The summed E-state index contributed by atoms with van der Waals surface area (Å²) in [7, 11) is 3.14. The van der Waals surface area contributed by atoms with Crippen LogP contribution in [0.1, 0.15) is 24.0 Å². The van der Waals surface area contributed by atoms with Crippen molar-refractivity contribution in [1.29, 1.82) is 0 Å². The summed E-state index contributed by atoms with van der Waals surface area (Å²) in [5.74, 6) is 0.881. The third-order valence-corrected chi connectivity index (χ3v) is 5.15. The normalized spacial score (nSPS) is 14.5. The zero-order chi connectivity index (χ0) is 21.3. The number of amides is 2. The zero-order valence-electron chi connectivity index (χ0n) is 17.5. The molecule has 2 amide bonds. The Morgan fingerprint density at radius 2 is 1.73 bits per heavy atom. The van der Waals surface area contributed by atoms with Crippen LogP contribution in [0.3, 0.4) is 0 Å². The molecule has 1 fully saturated rings. The van der Waals surface area contributed by atoms with E-state index in [1.165, 1.54) is 6.08 Å². The van der Waals surface area contributed by atoms with Gasteiger partial charge in [0.2, 0.25) is 11.8 Å². The van der Waals surface area contributed by atoms with Gasteiger partial charge in [-0.15, -0.1) is 0 Å². The van der Waals surface area contributed by atoms with E-state index in [0.29, 0.717) is 17.9 Å². The van der Waals surface area contributed by atoms with Crippen molar-refractivity contribution in [2.45, 2.75) is 25.3 Å². The maximum Gasteiger partial charge on any atom is 0.245 e. The molecule has 1 aliphatic rings. The van der Waals surface area contributed by atoms with Crippen molar-refractivity contribution in [3.05, 3.63) is 65.7 Å². The van der Waals surface area contributed by atoms with Crippen LogP contribution < -0.4 is 14.8 Å². The molecule has 1 N–H and O–H groups in total. The standard InChI is InChI=1S/C24H28N2O4/c1-29-21-12-10-19(17-22(21)30-2)11-13-23(27)25-20(16-18-8-4-3-5-9-18)24(28)26-14-6-7-15-26/h3-5,8-13,17,20H,6-7,14-16H2,1-2H3,(H,25,27)/b13-11+. The molecule has 1 heterocycles. The Hall–Kier alpha value is -3.28. The van der Waals surface area contributed by atoms with E-state index in [0.717, 1.165) is 37.1 Å². The predicted molar refractivity (Wildman–Crippen MR) is 116 cm³/mol. The number of carbonyl (C=O) groups excluding carboxylic acids is 2. The van der Waals surface area contributed by atoms with Gasteiger partial charge in [0.25, 0.3) is 0 Å². The second kappa shape index (κ2) is 10.5. The molecule has 0 saturated carbocycles. The summed E-state index contributed by atoms with van der Waals surface area (Å²) in [5, 5.41) is 2.89. The average Bonchev–Trinajstić information content (AvgIpc) is 3.32. The van der Waals surface area contributed by atoms with Gasteiger partial charge in [-0.3, -0.25) is 9.59 Å². The fourth-order valence-corrected chi connectivity index (χ4v) is 3.56. The first-order chi connectivity index (χ1) is 14.6. The van der Waals surface area contributed by atoms with Gasteiger partial charge in [0, 0.05) is 25.6 Å². The number of ether oxygens (including phenoxy) is 2. The van der Waals surface area contributed by atoms with Crippen molar-refractivity contribution < 1.29 is 19.1 Å². The van der Waals surface area contributed by atoms with Gasteiger partial charge >= 0.3 is 0 Å². The summed E-state index contributed by atoms with van der Waals surface area (Å²) in [6, 6.07) is 14.6. The second-order valence-electron chi connectivity index (χ2n) is 7.23. The highest BCUT2D eigenvalue weighted by Gasteiger charge is 2.27. The molecule has 30 heavy (non-hydrogen) atoms. The fourth-order valence-electron chi connectivity index (χ4n) is 3.56. The van der Waals surface area contributed by atoms with Crippen molar-refractivity contribution in [3.63, 3.8) is 0 Å². The number of nitrogens with zero attached hydrogens (tertiary/aromatic N) is 1. The zero-order valence-corrected chi connectivity index (χ0v) is 17.5. The summed E-state index contributed by atoms with van der Waals surface area (Å²) in [6.07, 6.45) is 5.62. The Morgan fingerprint density at radius 3 is 2.40 bits per heavy atom. The van der Waals surface area contributed by atoms with Crippen LogP contribution in [0.15, 0.2) is 54.6 Å². The van der Waals surface area contributed by atoms with Gasteiger partial charge in [-0.25, -0.2) is 0 Å². The SMILES string of the molecule is COc1ccc(/C=C/C(=O)NC(Cc2ccccc2)C(=O)N2CCCC2)cc1OC. The van der Waals surface area contributed by atoms with E-state index in [9.17, 15) is 9.59 Å². The quantitative estimate of drug-likeness (QED) is 0.682. The Balaban J connectivity index is 1.70. The number of rotatable bonds is 8. The Labute approximate surface area is 177 Å². The second-order valence-corrected chi connectivity index (χ2v) is 7.23. The van der Waals surface area contributed by atoms with Crippen molar-refractivity contribution in [3.8, 4) is 11.5 Å². The molecule has 1 saturated heterocycles. The summed E-state index contributed by atoms with van der Waals surface area (Å²) >= 11 is 0. The summed E-state index contributed by atoms with van der Waals surface area (Å²) < 4.78 is 10.5. The van der Waals surface area contributed by atoms with E-state index in [2.05, 4.69) is 5.32 Å². The van der Waals surface area contributed by atoms with E-state index in [1.54, 1.807) is 32.4 Å². The molecule has 0 spiro atoms. The van der Waals surface area contributed by atoms with Crippen LogP contribution in [-0.4, -0.2) is 50.1 Å². The number of carbonyl (C=O) groups is 2. The van der Waals surface area contributed by atoms with Crippen LogP contribution in [0.4, 0.5) is 0 Å². The third-order valence-electron chi connectivity index (χ3n) is 5.15. The molecule has 1 aliphatic heterocycles. The van der Waals surface area contributed by atoms with Crippen molar-refractivity contribution >= 4 is 17.9 Å². The monoisotopic (exact) mass is 408 g/mol. The minimum Gasteiger partial charge on any atom is -0.493 e. The summed E-state index contributed by atoms with van der Waals surface area (Å²) in [4.78, 5) is 27.4. The Bertz CT molecular complexity index is 889. The maximum atomic E-state index is 13.0. The molecule has 2 aromatic rings. The summed E-state index contributed by atoms with van der Waals surface area (Å²) in [5.41, 5.74) is 1.81. The van der Waals surface area contributed by atoms with E-state index in [4.69, 9.17) is 9.47 Å². The Morgan fingerprint density at radius 1 is 1.03 bits per heavy atom. The molecular formula is C24H28N2O4. The predicted octanol–water partition coefficient (Wildman–Crippen LogP) is 3.07. The number of likely N-dealkylation sites (tertiary alicyclic amines) is 1. The van der Waals surface area contributed by atoms with E-state index in [-0.39, 0.29) is 11.8 Å². The average molecular weight is 408 g/mol. The van der Waals surface area contributed by atoms with Crippen molar-refractivity contribution in [2.75, 3.05) is 27.3 Å². The first-order valence-corrected chi connectivity index (χ1v) is 10.1. The van der Waals surface area contributed by atoms with Crippen molar-refractivity contribution in [1.82, 2.24) is 10.2 Å². The van der Waals surface area contributed by atoms with Crippen LogP contribution in [0, 0.1) is 0 Å².